The average Bonchev–Trinajstić information content (AvgIpc) is 2.37. The number of nitrogens with zero attached hydrogens (tertiary/aromatic N) is 1. The molecule has 0 saturated carbocycles. The maximum atomic E-state index is 8.36. The zero-order valence-corrected chi connectivity index (χ0v) is 5.21. The first-order valence-corrected chi connectivity index (χ1v) is 3.07. The molecular weight excluding hydrogens is 116 g/mol. The largest absolute Gasteiger partial charge is 0.381 e. The van der Waals surface area contributed by atoms with Crippen LogP contribution in [-0.2, 0) is 4.74 Å². The molecule has 1 aliphatic rings. The zero-order valence-electron chi connectivity index (χ0n) is 5.21. The molecule has 1 fully saturated rings. The van der Waals surface area contributed by atoms with Crippen LogP contribution < -0.4 is 5.73 Å². The van der Waals surface area contributed by atoms with Gasteiger partial charge in [0.1, 0.15) is 0 Å². The molecule has 0 bridgehead atoms. The minimum absolute atomic E-state index is 0.273. The highest BCUT2D eigenvalue weighted by Crippen LogP contribution is 2.14. The molecule has 3 heteroatoms. The molecule has 2 atom stereocenters. The quantitative estimate of drug-likeness (QED) is 0.532. The van der Waals surface area contributed by atoms with E-state index in [0.29, 0.717) is 6.61 Å². The van der Waals surface area contributed by atoms with E-state index in [1.165, 1.54) is 0 Å². The molecule has 3 nitrogen and oxygen atoms in total. The Bertz CT molecular complexity index is 124. The third-order valence-electron chi connectivity index (χ3n) is 1.62. The summed E-state index contributed by atoms with van der Waals surface area (Å²) < 4.78 is 5.05. The van der Waals surface area contributed by atoms with E-state index in [-0.39, 0.29) is 12.0 Å². The highest BCUT2D eigenvalue weighted by atomic mass is 16.5. The second kappa shape index (κ2) is 2.81. The van der Waals surface area contributed by atoms with Crippen molar-refractivity contribution in [3.63, 3.8) is 0 Å². The predicted molar refractivity (Wildman–Crippen MR) is 32.5 cm³/mol. The van der Waals surface area contributed by atoms with Crippen molar-refractivity contribution in [2.75, 3.05) is 13.2 Å². The number of rotatable bonds is 1. The molecule has 0 aromatic carbocycles. The number of hydrogen-bond acceptors (Lipinski definition) is 3. The molecule has 9 heavy (non-hydrogen) atoms. The van der Waals surface area contributed by atoms with Crippen LogP contribution in [0.3, 0.4) is 0 Å². The Morgan fingerprint density at radius 3 is 3.00 bits per heavy atom. The van der Waals surface area contributed by atoms with Crippen LogP contribution in [0.1, 0.15) is 6.42 Å². The van der Waals surface area contributed by atoms with Crippen molar-refractivity contribution in [3.8, 4) is 6.07 Å². The number of hydrogen-bond donors (Lipinski definition) is 1. The molecule has 0 amide bonds. The maximum absolute atomic E-state index is 8.36. The van der Waals surface area contributed by atoms with Gasteiger partial charge in [0.05, 0.1) is 18.7 Å². The van der Waals surface area contributed by atoms with Crippen LogP contribution in [0.15, 0.2) is 0 Å². The lowest BCUT2D eigenvalue weighted by molar-refractivity contribution is 0.184. The Kier molecular flexibility index (Phi) is 2.04. The van der Waals surface area contributed by atoms with Gasteiger partial charge in [-0.3, -0.25) is 0 Å². The van der Waals surface area contributed by atoms with Crippen molar-refractivity contribution >= 4 is 0 Å². The fourth-order valence-corrected chi connectivity index (χ4v) is 0.941. The summed E-state index contributed by atoms with van der Waals surface area (Å²) in [4.78, 5) is 0. The molecule has 2 N–H and O–H groups in total. The highest BCUT2D eigenvalue weighted by molar-refractivity contribution is 4.93. The van der Waals surface area contributed by atoms with Gasteiger partial charge < -0.3 is 10.5 Å². The lowest BCUT2D eigenvalue weighted by Gasteiger charge is -2.07. The Labute approximate surface area is 54.4 Å². The fraction of sp³-hybridized carbons (Fsp3) is 0.833. The number of ether oxygens (including phenoxy) is 1. The SMILES string of the molecule is N#C[C@H](N)[C@@H]1CCOC1. The Morgan fingerprint density at radius 2 is 2.56 bits per heavy atom. The lowest BCUT2D eigenvalue weighted by Crippen LogP contribution is -2.28. The van der Waals surface area contributed by atoms with Gasteiger partial charge in [-0.25, -0.2) is 0 Å². The van der Waals surface area contributed by atoms with Crippen molar-refractivity contribution in [1.29, 1.82) is 5.26 Å². The molecule has 1 rings (SSSR count). The summed E-state index contributed by atoms with van der Waals surface area (Å²) in [5.41, 5.74) is 5.44. The van der Waals surface area contributed by atoms with Crippen molar-refractivity contribution in [2.45, 2.75) is 12.5 Å². The summed E-state index contributed by atoms with van der Waals surface area (Å²) >= 11 is 0. The Hall–Kier alpha value is -0.590. The normalized spacial score (nSPS) is 29.6. The fourth-order valence-electron chi connectivity index (χ4n) is 0.941. The summed E-state index contributed by atoms with van der Waals surface area (Å²) in [6, 6.07) is 1.68. The van der Waals surface area contributed by atoms with Crippen molar-refractivity contribution in [3.05, 3.63) is 0 Å². The minimum Gasteiger partial charge on any atom is -0.381 e. The number of nitriles is 1. The minimum atomic E-state index is -0.326. The van der Waals surface area contributed by atoms with E-state index in [9.17, 15) is 0 Å². The predicted octanol–water partition coefficient (Wildman–Crippen LogP) is -0.126. The Morgan fingerprint density at radius 1 is 1.78 bits per heavy atom. The smallest absolute Gasteiger partial charge is 0.0979 e. The van der Waals surface area contributed by atoms with Crippen LogP contribution in [0.5, 0.6) is 0 Å². The summed E-state index contributed by atoms with van der Waals surface area (Å²) in [6.07, 6.45) is 0.939. The Balaban J connectivity index is 2.34. The molecule has 0 aliphatic carbocycles. The van der Waals surface area contributed by atoms with E-state index in [4.69, 9.17) is 15.7 Å². The third-order valence-corrected chi connectivity index (χ3v) is 1.62. The van der Waals surface area contributed by atoms with Crippen LogP contribution in [0.25, 0.3) is 0 Å². The lowest BCUT2D eigenvalue weighted by atomic mass is 10.0. The summed E-state index contributed by atoms with van der Waals surface area (Å²) in [5.74, 6) is 0.273. The van der Waals surface area contributed by atoms with Crippen LogP contribution in [0.4, 0.5) is 0 Å². The summed E-state index contributed by atoms with van der Waals surface area (Å²) in [7, 11) is 0. The van der Waals surface area contributed by atoms with Gasteiger partial charge in [-0.1, -0.05) is 0 Å². The van der Waals surface area contributed by atoms with E-state index in [0.717, 1.165) is 13.0 Å². The van der Waals surface area contributed by atoms with Crippen LogP contribution in [0.2, 0.25) is 0 Å². The van der Waals surface area contributed by atoms with Gasteiger partial charge in [-0.2, -0.15) is 5.26 Å². The van der Waals surface area contributed by atoms with Gasteiger partial charge in [0.25, 0.3) is 0 Å². The molecule has 50 valence electrons. The first-order valence-electron chi connectivity index (χ1n) is 3.07. The van der Waals surface area contributed by atoms with E-state index in [1.807, 2.05) is 6.07 Å². The standard InChI is InChI=1S/C6H10N2O/c7-3-6(8)5-1-2-9-4-5/h5-6H,1-2,4,8H2/t5-,6+/m1/s1. The van der Waals surface area contributed by atoms with Gasteiger partial charge in [0.2, 0.25) is 0 Å². The van der Waals surface area contributed by atoms with E-state index >= 15 is 0 Å². The van der Waals surface area contributed by atoms with Gasteiger partial charge in [0, 0.05) is 12.5 Å². The van der Waals surface area contributed by atoms with E-state index in [2.05, 4.69) is 0 Å². The first kappa shape index (κ1) is 6.53. The topological polar surface area (TPSA) is 59.0 Å². The van der Waals surface area contributed by atoms with Crippen molar-refractivity contribution in [1.82, 2.24) is 0 Å². The monoisotopic (exact) mass is 126 g/mol. The third kappa shape index (κ3) is 1.41. The van der Waals surface area contributed by atoms with Crippen LogP contribution in [0, 0.1) is 17.2 Å². The summed E-state index contributed by atoms with van der Waals surface area (Å²) in [5, 5.41) is 8.36. The molecule has 1 aliphatic heterocycles. The molecule has 1 saturated heterocycles. The molecule has 0 spiro atoms. The number of nitrogens with two attached hydrogens (primary N) is 1. The van der Waals surface area contributed by atoms with Crippen LogP contribution >= 0.6 is 0 Å². The van der Waals surface area contributed by atoms with Crippen molar-refractivity contribution in [2.24, 2.45) is 11.7 Å². The van der Waals surface area contributed by atoms with Gasteiger partial charge in [-0.15, -0.1) is 0 Å². The van der Waals surface area contributed by atoms with Gasteiger partial charge >= 0.3 is 0 Å². The second-order valence-corrected chi connectivity index (χ2v) is 2.28. The summed E-state index contributed by atoms with van der Waals surface area (Å²) in [6.45, 7) is 1.43. The molecule has 0 aromatic rings. The first-order chi connectivity index (χ1) is 4.34. The highest BCUT2D eigenvalue weighted by Gasteiger charge is 2.21. The molecule has 0 unspecified atom stereocenters. The van der Waals surface area contributed by atoms with Crippen molar-refractivity contribution < 1.29 is 4.74 Å². The average molecular weight is 126 g/mol. The molecule has 0 aromatic heterocycles. The van der Waals surface area contributed by atoms with E-state index < -0.39 is 0 Å². The maximum Gasteiger partial charge on any atom is 0.0979 e. The second-order valence-electron chi connectivity index (χ2n) is 2.28. The van der Waals surface area contributed by atoms with Crippen LogP contribution in [-0.4, -0.2) is 19.3 Å². The molecule has 0 radical (unpaired) electrons. The molecular formula is C6H10N2O. The van der Waals surface area contributed by atoms with E-state index in [1.54, 1.807) is 0 Å². The molecule has 1 heterocycles. The van der Waals surface area contributed by atoms with Gasteiger partial charge in [-0.05, 0) is 6.42 Å². The van der Waals surface area contributed by atoms with Gasteiger partial charge in [0.15, 0.2) is 0 Å². The zero-order chi connectivity index (χ0) is 6.69.